The van der Waals surface area contributed by atoms with Crippen LogP contribution in [0.25, 0.3) is 0 Å². The van der Waals surface area contributed by atoms with Crippen molar-refractivity contribution in [2.75, 3.05) is 18.0 Å². The molecule has 1 aliphatic rings. The lowest BCUT2D eigenvalue weighted by Crippen LogP contribution is -2.39. The maximum Gasteiger partial charge on any atom is 0.335 e. The highest BCUT2D eigenvalue weighted by atomic mass is 32.1. The van der Waals surface area contributed by atoms with Gasteiger partial charge < -0.3 is 15.3 Å². The lowest BCUT2D eigenvalue weighted by molar-refractivity contribution is -0.384. The summed E-state index contributed by atoms with van der Waals surface area (Å²) in [5.41, 5.74) is 1.51. The smallest absolute Gasteiger partial charge is 0.335 e. The number of rotatable bonds is 6. The van der Waals surface area contributed by atoms with Crippen molar-refractivity contribution in [3.63, 3.8) is 0 Å². The molecular weight excluding hydrogens is 432 g/mol. The Hall–Kier alpha value is -3.53. The molecule has 2 aromatic rings. The minimum Gasteiger partial charge on any atom is -0.478 e. The number of piperidine rings is 1. The zero-order valence-electron chi connectivity index (χ0n) is 17.5. The van der Waals surface area contributed by atoms with Gasteiger partial charge in [0.05, 0.1) is 10.5 Å². The van der Waals surface area contributed by atoms with Crippen molar-refractivity contribution in [1.82, 2.24) is 10.6 Å². The summed E-state index contributed by atoms with van der Waals surface area (Å²) in [6.45, 7) is 3.94. The molecule has 0 unspecified atom stereocenters. The highest BCUT2D eigenvalue weighted by Crippen LogP contribution is 2.32. The monoisotopic (exact) mass is 456 g/mol. The van der Waals surface area contributed by atoms with Crippen LogP contribution < -0.4 is 15.5 Å². The second kappa shape index (κ2) is 10.2. The van der Waals surface area contributed by atoms with Gasteiger partial charge in [-0.25, -0.2) is 4.79 Å². The molecule has 3 rings (SSSR count). The molecule has 2 aromatic carbocycles. The number of nitro benzene ring substituents is 1. The summed E-state index contributed by atoms with van der Waals surface area (Å²) in [7, 11) is 0. The third kappa shape index (κ3) is 5.79. The van der Waals surface area contributed by atoms with Crippen molar-refractivity contribution < 1.29 is 19.6 Å². The topological polar surface area (TPSA) is 125 Å². The average molecular weight is 457 g/mol. The third-order valence-electron chi connectivity index (χ3n) is 5.44. The second-order valence-electron chi connectivity index (χ2n) is 7.77. The fourth-order valence-electron chi connectivity index (χ4n) is 3.49. The van der Waals surface area contributed by atoms with Gasteiger partial charge in [-0.05, 0) is 60.8 Å². The summed E-state index contributed by atoms with van der Waals surface area (Å²) in [5.74, 6) is -0.966. The molecule has 0 spiro atoms. The molecule has 168 valence electrons. The number of aromatic carboxylic acids is 1. The maximum absolute atomic E-state index is 12.6. The number of anilines is 1. The third-order valence-corrected chi connectivity index (χ3v) is 5.69. The number of carbonyl (C=O) groups is 2. The van der Waals surface area contributed by atoms with Crippen LogP contribution in [0, 0.1) is 16.0 Å². The first-order valence-electron chi connectivity index (χ1n) is 10.2. The summed E-state index contributed by atoms with van der Waals surface area (Å²) in [5, 5.41) is 26.0. The highest BCUT2D eigenvalue weighted by molar-refractivity contribution is 7.80. The summed E-state index contributed by atoms with van der Waals surface area (Å²) >= 11 is 5.14. The van der Waals surface area contributed by atoms with Gasteiger partial charge in [0.25, 0.3) is 11.6 Å². The molecule has 1 saturated heterocycles. The number of amides is 1. The molecule has 1 fully saturated rings. The van der Waals surface area contributed by atoms with E-state index >= 15 is 0 Å². The lowest BCUT2D eigenvalue weighted by atomic mass is 9.98. The Morgan fingerprint density at radius 1 is 1.16 bits per heavy atom. The number of nitro groups is 1. The van der Waals surface area contributed by atoms with E-state index in [1.807, 2.05) is 4.90 Å². The predicted molar refractivity (Wildman–Crippen MR) is 124 cm³/mol. The number of nitrogens with one attached hydrogen (secondary N) is 2. The Morgan fingerprint density at radius 2 is 1.78 bits per heavy atom. The zero-order chi connectivity index (χ0) is 23.3. The number of benzene rings is 2. The van der Waals surface area contributed by atoms with Crippen LogP contribution in [0.5, 0.6) is 0 Å². The Bertz CT molecular complexity index is 1030. The van der Waals surface area contributed by atoms with E-state index < -0.39 is 16.8 Å². The molecule has 0 aromatic heterocycles. The van der Waals surface area contributed by atoms with E-state index in [-0.39, 0.29) is 28.5 Å². The Kier molecular flexibility index (Phi) is 7.37. The van der Waals surface area contributed by atoms with Crippen molar-refractivity contribution in [2.45, 2.75) is 26.3 Å². The first kappa shape index (κ1) is 23.1. The minimum absolute atomic E-state index is 0.0639. The van der Waals surface area contributed by atoms with Crippen LogP contribution in [-0.4, -0.2) is 40.1 Å². The quantitative estimate of drug-likeness (QED) is 0.343. The van der Waals surface area contributed by atoms with Gasteiger partial charge in [0.1, 0.15) is 5.69 Å². The fraction of sp³-hybridized carbons (Fsp3) is 0.318. The molecule has 0 radical (unpaired) electrons. The SMILES string of the molecule is CC1CCN(c2ccc(C(=O)NC(=S)NCc3ccc(C(=O)O)cc3)cc2[N+](=O)[O-])CC1. The van der Waals surface area contributed by atoms with Gasteiger partial charge in [0.2, 0.25) is 0 Å². The lowest BCUT2D eigenvalue weighted by Gasteiger charge is -2.31. The Morgan fingerprint density at radius 3 is 2.38 bits per heavy atom. The fourth-order valence-corrected chi connectivity index (χ4v) is 3.66. The molecule has 0 saturated carbocycles. The normalized spacial score (nSPS) is 14.0. The van der Waals surface area contributed by atoms with Crippen molar-refractivity contribution in [2.24, 2.45) is 5.92 Å². The van der Waals surface area contributed by atoms with Crippen LogP contribution in [0.1, 0.15) is 46.0 Å². The summed E-state index contributed by atoms with van der Waals surface area (Å²) in [6, 6.07) is 10.7. The van der Waals surface area contributed by atoms with Crippen LogP contribution in [0.4, 0.5) is 11.4 Å². The molecule has 1 heterocycles. The van der Waals surface area contributed by atoms with Crippen molar-refractivity contribution in [1.29, 1.82) is 0 Å². The van der Waals surface area contributed by atoms with Crippen LogP contribution in [-0.2, 0) is 6.54 Å². The predicted octanol–water partition coefficient (Wildman–Crippen LogP) is 3.33. The van der Waals surface area contributed by atoms with Crippen LogP contribution in [0.3, 0.4) is 0 Å². The Balaban J connectivity index is 1.62. The van der Waals surface area contributed by atoms with Gasteiger partial charge in [-0.15, -0.1) is 0 Å². The van der Waals surface area contributed by atoms with Gasteiger partial charge in [0, 0.05) is 31.3 Å². The number of carbonyl (C=O) groups excluding carboxylic acids is 1. The summed E-state index contributed by atoms with van der Waals surface area (Å²) in [4.78, 5) is 36.6. The van der Waals surface area contributed by atoms with Crippen LogP contribution >= 0.6 is 12.2 Å². The molecule has 32 heavy (non-hydrogen) atoms. The van der Waals surface area contributed by atoms with Crippen LogP contribution in [0.15, 0.2) is 42.5 Å². The number of nitrogens with zero attached hydrogens (tertiary/aromatic N) is 2. The standard InChI is InChI=1S/C22H24N4O5S/c1-14-8-10-25(11-9-14)18-7-6-17(12-19(18)26(30)31)20(27)24-22(32)23-13-15-2-4-16(5-3-15)21(28)29/h2-7,12,14H,8-11,13H2,1H3,(H,28,29)(H2,23,24,27,32). The largest absolute Gasteiger partial charge is 0.478 e. The second-order valence-corrected chi connectivity index (χ2v) is 8.18. The average Bonchev–Trinajstić information content (AvgIpc) is 2.78. The molecular formula is C22H24N4O5S. The van der Waals surface area contributed by atoms with Crippen molar-refractivity contribution >= 4 is 40.6 Å². The molecule has 0 bridgehead atoms. The first-order chi connectivity index (χ1) is 15.2. The first-order valence-corrected chi connectivity index (χ1v) is 10.6. The zero-order valence-corrected chi connectivity index (χ0v) is 18.4. The minimum atomic E-state index is -1.01. The van der Waals surface area contributed by atoms with E-state index in [4.69, 9.17) is 17.3 Å². The van der Waals surface area contributed by atoms with Gasteiger partial charge in [-0.2, -0.15) is 0 Å². The summed E-state index contributed by atoms with van der Waals surface area (Å²) in [6.07, 6.45) is 1.94. The van der Waals surface area contributed by atoms with Gasteiger partial charge in [-0.3, -0.25) is 20.2 Å². The van der Waals surface area contributed by atoms with E-state index in [9.17, 15) is 19.7 Å². The van der Waals surface area contributed by atoms with E-state index in [1.165, 1.54) is 18.2 Å². The van der Waals surface area contributed by atoms with Gasteiger partial charge >= 0.3 is 5.97 Å². The van der Waals surface area contributed by atoms with E-state index in [0.717, 1.165) is 31.5 Å². The van der Waals surface area contributed by atoms with E-state index in [2.05, 4.69) is 17.6 Å². The Labute approximate surface area is 190 Å². The molecule has 10 heteroatoms. The summed E-state index contributed by atoms with van der Waals surface area (Å²) < 4.78 is 0. The molecule has 0 atom stereocenters. The molecule has 9 nitrogen and oxygen atoms in total. The molecule has 0 aliphatic carbocycles. The molecule has 1 amide bonds. The molecule has 3 N–H and O–H groups in total. The number of hydrogen-bond acceptors (Lipinski definition) is 6. The number of carboxylic acids is 1. The number of carboxylic acid groups (broad SMARTS) is 1. The van der Waals surface area contributed by atoms with E-state index in [0.29, 0.717) is 11.6 Å². The van der Waals surface area contributed by atoms with Crippen molar-refractivity contribution in [3.8, 4) is 0 Å². The van der Waals surface area contributed by atoms with Crippen LogP contribution in [0.2, 0.25) is 0 Å². The number of hydrogen-bond donors (Lipinski definition) is 3. The van der Waals surface area contributed by atoms with Crippen molar-refractivity contribution in [3.05, 3.63) is 69.3 Å². The molecule has 1 aliphatic heterocycles. The number of thiocarbonyl (C=S) groups is 1. The van der Waals surface area contributed by atoms with Gasteiger partial charge in [-0.1, -0.05) is 19.1 Å². The van der Waals surface area contributed by atoms with Gasteiger partial charge in [0.15, 0.2) is 5.11 Å². The highest BCUT2D eigenvalue weighted by Gasteiger charge is 2.25. The maximum atomic E-state index is 12.6. The van der Waals surface area contributed by atoms with E-state index in [1.54, 1.807) is 24.3 Å².